The van der Waals surface area contributed by atoms with Crippen molar-refractivity contribution >= 4 is 22.5 Å². The van der Waals surface area contributed by atoms with Crippen molar-refractivity contribution in [1.82, 2.24) is 9.78 Å². The molecule has 1 heterocycles. The second kappa shape index (κ2) is 3.22. The fraction of sp³-hybridized carbons (Fsp3) is 0.417. The Kier molecular flexibility index (Phi) is 2.03. The van der Waals surface area contributed by atoms with Crippen LogP contribution >= 0.6 is 11.6 Å². The monoisotopic (exact) mass is 236 g/mol. The second-order valence-corrected chi connectivity index (χ2v) is 5.03. The fourth-order valence-electron chi connectivity index (χ4n) is 2.07. The number of halogens is 1. The summed E-state index contributed by atoms with van der Waals surface area (Å²) in [6.07, 6.45) is 2.56. The maximum absolute atomic E-state index is 9.88. The van der Waals surface area contributed by atoms with Crippen LogP contribution in [0.5, 0.6) is 0 Å². The van der Waals surface area contributed by atoms with Crippen LogP contribution < -0.4 is 0 Å². The number of hydrogen-bond donors (Lipinski definition) is 1. The molecule has 0 bridgehead atoms. The molecule has 1 saturated carbocycles. The first-order valence-corrected chi connectivity index (χ1v) is 5.79. The molecule has 0 aliphatic heterocycles. The highest BCUT2D eigenvalue weighted by molar-refractivity contribution is 6.34. The molecule has 0 unspecified atom stereocenters. The van der Waals surface area contributed by atoms with E-state index in [0.29, 0.717) is 5.15 Å². The van der Waals surface area contributed by atoms with Crippen LogP contribution in [0, 0.1) is 0 Å². The molecule has 2 aromatic rings. The summed E-state index contributed by atoms with van der Waals surface area (Å²) in [5.74, 6) is 0. The van der Waals surface area contributed by atoms with Gasteiger partial charge in [0.2, 0.25) is 0 Å². The van der Waals surface area contributed by atoms with Crippen LogP contribution in [0.1, 0.15) is 18.4 Å². The molecule has 1 aromatic heterocycles. The summed E-state index contributed by atoms with van der Waals surface area (Å²) in [5.41, 5.74) is 1.72. The zero-order valence-electron chi connectivity index (χ0n) is 9.07. The molecule has 1 aliphatic carbocycles. The van der Waals surface area contributed by atoms with Crippen molar-refractivity contribution in [2.45, 2.75) is 24.9 Å². The number of rotatable bonds is 2. The number of aromatic nitrogens is 2. The van der Waals surface area contributed by atoms with Crippen molar-refractivity contribution in [1.29, 1.82) is 0 Å². The summed E-state index contributed by atoms with van der Waals surface area (Å²) in [6, 6.07) is 6.06. The molecule has 4 heteroatoms. The van der Waals surface area contributed by atoms with Gasteiger partial charge in [-0.05, 0) is 30.5 Å². The molecule has 3 rings (SSSR count). The highest BCUT2D eigenvalue weighted by Gasteiger charge is 2.40. The average Bonchev–Trinajstić information content (AvgIpc) is 2.88. The Bertz CT molecular complexity index is 557. The van der Waals surface area contributed by atoms with Gasteiger partial charge in [0, 0.05) is 18.9 Å². The molecule has 0 amide bonds. The molecular formula is C12H13ClN2O. The number of aryl methyl sites for hydroxylation is 1. The first-order chi connectivity index (χ1) is 7.57. The number of aliphatic hydroxyl groups is 1. The zero-order chi connectivity index (χ0) is 11.3. The van der Waals surface area contributed by atoms with Crippen molar-refractivity contribution in [3.63, 3.8) is 0 Å². The molecule has 0 atom stereocenters. The Hall–Kier alpha value is -1.06. The average molecular weight is 237 g/mol. The van der Waals surface area contributed by atoms with E-state index in [1.165, 1.54) is 0 Å². The van der Waals surface area contributed by atoms with E-state index in [2.05, 4.69) is 11.2 Å². The second-order valence-electron chi connectivity index (χ2n) is 4.67. The molecule has 3 nitrogen and oxygen atoms in total. The van der Waals surface area contributed by atoms with Gasteiger partial charge in [0.25, 0.3) is 0 Å². The third-order valence-corrected chi connectivity index (χ3v) is 3.51. The van der Waals surface area contributed by atoms with Crippen LogP contribution in [0.4, 0.5) is 0 Å². The summed E-state index contributed by atoms with van der Waals surface area (Å²) in [4.78, 5) is 0. The molecule has 16 heavy (non-hydrogen) atoms. The normalized spacial score (nSPS) is 17.9. The van der Waals surface area contributed by atoms with E-state index in [1.54, 1.807) is 4.68 Å². The summed E-state index contributed by atoms with van der Waals surface area (Å²) < 4.78 is 1.78. The minimum Gasteiger partial charge on any atom is -0.390 e. The predicted molar refractivity (Wildman–Crippen MR) is 63.6 cm³/mol. The lowest BCUT2D eigenvalue weighted by atomic mass is 10.1. The first-order valence-electron chi connectivity index (χ1n) is 5.41. The maximum Gasteiger partial charge on any atom is 0.158 e. The van der Waals surface area contributed by atoms with Gasteiger partial charge in [-0.3, -0.25) is 4.68 Å². The Morgan fingerprint density at radius 1 is 1.50 bits per heavy atom. The molecular weight excluding hydrogens is 224 g/mol. The van der Waals surface area contributed by atoms with E-state index < -0.39 is 5.60 Å². The molecule has 0 radical (unpaired) electrons. The van der Waals surface area contributed by atoms with Crippen molar-refractivity contribution in [3.05, 3.63) is 28.9 Å². The van der Waals surface area contributed by atoms with Crippen LogP contribution in [-0.2, 0) is 13.5 Å². The Labute approximate surface area is 98.6 Å². The zero-order valence-corrected chi connectivity index (χ0v) is 9.83. The van der Waals surface area contributed by atoms with Gasteiger partial charge >= 0.3 is 0 Å². The lowest BCUT2D eigenvalue weighted by molar-refractivity contribution is 0.151. The Morgan fingerprint density at radius 2 is 2.25 bits per heavy atom. The highest BCUT2D eigenvalue weighted by atomic mass is 35.5. The van der Waals surface area contributed by atoms with Crippen molar-refractivity contribution in [3.8, 4) is 0 Å². The van der Waals surface area contributed by atoms with Gasteiger partial charge in [0.1, 0.15) is 0 Å². The molecule has 84 valence electrons. The summed E-state index contributed by atoms with van der Waals surface area (Å²) >= 11 is 5.99. The van der Waals surface area contributed by atoms with Gasteiger partial charge in [-0.1, -0.05) is 17.7 Å². The molecule has 1 aromatic carbocycles. The van der Waals surface area contributed by atoms with Crippen LogP contribution in [0.25, 0.3) is 10.9 Å². The SMILES string of the molecule is Cn1nc(Cl)c2ccc(CC3(O)CC3)cc21. The van der Waals surface area contributed by atoms with E-state index in [9.17, 15) is 5.11 Å². The lowest BCUT2D eigenvalue weighted by Gasteiger charge is -2.07. The van der Waals surface area contributed by atoms with Crippen molar-refractivity contribution < 1.29 is 5.11 Å². The number of fused-ring (bicyclic) bond motifs is 1. The van der Waals surface area contributed by atoms with Gasteiger partial charge in [0.05, 0.1) is 11.1 Å². The van der Waals surface area contributed by atoms with E-state index in [4.69, 9.17) is 11.6 Å². The molecule has 0 saturated heterocycles. The lowest BCUT2D eigenvalue weighted by Crippen LogP contribution is -2.10. The van der Waals surface area contributed by atoms with Crippen molar-refractivity contribution in [2.24, 2.45) is 7.05 Å². The first kappa shape index (κ1) is 10.1. The van der Waals surface area contributed by atoms with Crippen LogP contribution in [0.2, 0.25) is 5.15 Å². The van der Waals surface area contributed by atoms with Gasteiger partial charge in [-0.25, -0.2) is 0 Å². The highest BCUT2D eigenvalue weighted by Crippen LogP contribution is 2.38. The number of nitrogens with zero attached hydrogens (tertiary/aromatic N) is 2. The van der Waals surface area contributed by atoms with Gasteiger partial charge < -0.3 is 5.11 Å². The molecule has 1 N–H and O–H groups in total. The Balaban J connectivity index is 2.04. The molecule has 0 spiro atoms. The van der Waals surface area contributed by atoms with Crippen LogP contribution in [0.3, 0.4) is 0 Å². The molecule has 1 aliphatic rings. The maximum atomic E-state index is 9.88. The van der Waals surface area contributed by atoms with Gasteiger partial charge in [-0.2, -0.15) is 5.10 Å². The van der Waals surface area contributed by atoms with Gasteiger partial charge in [-0.15, -0.1) is 0 Å². The Morgan fingerprint density at radius 3 is 2.94 bits per heavy atom. The van der Waals surface area contributed by atoms with E-state index >= 15 is 0 Å². The van der Waals surface area contributed by atoms with E-state index in [1.807, 2.05) is 19.2 Å². The molecule has 1 fully saturated rings. The third-order valence-electron chi connectivity index (χ3n) is 3.23. The number of benzene rings is 1. The standard InChI is InChI=1S/C12H13ClN2O/c1-15-10-6-8(7-12(16)4-5-12)2-3-9(10)11(13)14-15/h2-3,6,16H,4-5,7H2,1H3. The summed E-state index contributed by atoms with van der Waals surface area (Å²) in [7, 11) is 1.88. The van der Waals surface area contributed by atoms with E-state index in [-0.39, 0.29) is 0 Å². The minimum atomic E-state index is -0.448. The smallest absolute Gasteiger partial charge is 0.158 e. The fourth-order valence-corrected chi connectivity index (χ4v) is 2.34. The van der Waals surface area contributed by atoms with Crippen molar-refractivity contribution in [2.75, 3.05) is 0 Å². The van der Waals surface area contributed by atoms with Crippen LogP contribution in [-0.4, -0.2) is 20.5 Å². The number of hydrogen-bond acceptors (Lipinski definition) is 2. The van der Waals surface area contributed by atoms with Crippen LogP contribution in [0.15, 0.2) is 18.2 Å². The largest absolute Gasteiger partial charge is 0.390 e. The minimum absolute atomic E-state index is 0.448. The summed E-state index contributed by atoms with van der Waals surface area (Å²) in [6.45, 7) is 0. The summed E-state index contributed by atoms with van der Waals surface area (Å²) in [5, 5.41) is 15.5. The topological polar surface area (TPSA) is 38.0 Å². The third kappa shape index (κ3) is 1.60. The van der Waals surface area contributed by atoms with Gasteiger partial charge in [0.15, 0.2) is 5.15 Å². The predicted octanol–water partition coefficient (Wildman–Crippen LogP) is 2.29. The quantitative estimate of drug-likeness (QED) is 0.869. The van der Waals surface area contributed by atoms with E-state index in [0.717, 1.165) is 35.7 Å².